The molecule has 3 nitrogen and oxygen atoms in total. The topological polar surface area (TPSA) is 50.1 Å². The van der Waals surface area contributed by atoms with Crippen LogP contribution in [0.15, 0.2) is 24.3 Å². The van der Waals surface area contributed by atoms with Crippen molar-refractivity contribution < 1.29 is 9.53 Å². The van der Waals surface area contributed by atoms with Gasteiger partial charge < -0.3 is 4.74 Å². The van der Waals surface area contributed by atoms with E-state index < -0.39 is 0 Å². The molecule has 14 heavy (non-hydrogen) atoms. The second kappa shape index (κ2) is 5.03. The first kappa shape index (κ1) is 10.3. The van der Waals surface area contributed by atoms with Gasteiger partial charge in [-0.1, -0.05) is 12.1 Å². The number of nitriles is 1. The highest BCUT2D eigenvalue weighted by atomic mass is 16.5. The summed E-state index contributed by atoms with van der Waals surface area (Å²) in [6.45, 7) is 2.14. The standard InChI is InChI=1S/C11H11NO2/c1-2-14-11(13)10-5-3-9(4-6-10)7-8-12/h3-6H,2,7H2,1H3. The fourth-order valence-corrected chi connectivity index (χ4v) is 1.06. The molecule has 1 aromatic carbocycles. The third kappa shape index (κ3) is 2.60. The molecule has 0 saturated heterocycles. The molecule has 0 heterocycles. The third-order valence-electron chi connectivity index (χ3n) is 1.75. The van der Waals surface area contributed by atoms with E-state index >= 15 is 0 Å². The predicted molar refractivity (Wildman–Crippen MR) is 51.7 cm³/mol. The van der Waals surface area contributed by atoms with E-state index in [0.717, 1.165) is 5.56 Å². The number of esters is 1. The molecular weight excluding hydrogens is 178 g/mol. The molecule has 0 saturated carbocycles. The fourth-order valence-electron chi connectivity index (χ4n) is 1.06. The first-order valence-electron chi connectivity index (χ1n) is 4.41. The monoisotopic (exact) mass is 189 g/mol. The molecule has 0 spiro atoms. The number of nitrogens with zero attached hydrogens (tertiary/aromatic N) is 1. The van der Waals surface area contributed by atoms with Crippen molar-refractivity contribution in [1.29, 1.82) is 5.26 Å². The van der Waals surface area contributed by atoms with Gasteiger partial charge in [-0.3, -0.25) is 0 Å². The highest BCUT2D eigenvalue weighted by Gasteiger charge is 2.04. The average Bonchev–Trinajstić information content (AvgIpc) is 2.20. The second-order valence-electron chi connectivity index (χ2n) is 2.75. The molecule has 0 bridgehead atoms. The molecular formula is C11H11NO2. The molecule has 1 rings (SSSR count). The van der Waals surface area contributed by atoms with Crippen molar-refractivity contribution in [2.75, 3.05) is 6.61 Å². The van der Waals surface area contributed by atoms with Crippen molar-refractivity contribution in [2.24, 2.45) is 0 Å². The zero-order valence-electron chi connectivity index (χ0n) is 7.99. The first-order valence-corrected chi connectivity index (χ1v) is 4.41. The van der Waals surface area contributed by atoms with Gasteiger partial charge in [0.1, 0.15) is 0 Å². The van der Waals surface area contributed by atoms with Gasteiger partial charge in [0.05, 0.1) is 24.7 Å². The zero-order valence-corrected chi connectivity index (χ0v) is 7.99. The lowest BCUT2D eigenvalue weighted by molar-refractivity contribution is 0.0526. The minimum atomic E-state index is -0.323. The van der Waals surface area contributed by atoms with Crippen LogP contribution in [-0.2, 0) is 11.2 Å². The van der Waals surface area contributed by atoms with Crippen LogP contribution < -0.4 is 0 Å². The van der Waals surface area contributed by atoms with Crippen molar-refractivity contribution in [2.45, 2.75) is 13.3 Å². The lowest BCUT2D eigenvalue weighted by Gasteiger charge is -2.01. The number of rotatable bonds is 3. The van der Waals surface area contributed by atoms with Gasteiger partial charge >= 0.3 is 5.97 Å². The molecule has 0 fully saturated rings. The maximum atomic E-state index is 11.2. The maximum Gasteiger partial charge on any atom is 0.338 e. The van der Waals surface area contributed by atoms with Gasteiger partial charge in [-0.25, -0.2) is 4.79 Å². The number of benzene rings is 1. The molecule has 0 aliphatic heterocycles. The van der Waals surface area contributed by atoms with Crippen molar-refractivity contribution in [3.05, 3.63) is 35.4 Å². The Hall–Kier alpha value is -1.82. The summed E-state index contributed by atoms with van der Waals surface area (Å²) in [5, 5.41) is 8.44. The van der Waals surface area contributed by atoms with Crippen LogP contribution >= 0.6 is 0 Å². The third-order valence-corrected chi connectivity index (χ3v) is 1.75. The van der Waals surface area contributed by atoms with Gasteiger partial charge in [0.15, 0.2) is 0 Å². The molecule has 72 valence electrons. The smallest absolute Gasteiger partial charge is 0.338 e. The zero-order chi connectivity index (χ0) is 10.4. The molecule has 0 radical (unpaired) electrons. The summed E-state index contributed by atoms with van der Waals surface area (Å²) in [6, 6.07) is 8.90. The van der Waals surface area contributed by atoms with Crippen LogP contribution in [0, 0.1) is 11.3 Å². The quantitative estimate of drug-likeness (QED) is 0.682. The van der Waals surface area contributed by atoms with Crippen LogP contribution in [-0.4, -0.2) is 12.6 Å². The second-order valence-corrected chi connectivity index (χ2v) is 2.75. The number of hydrogen-bond donors (Lipinski definition) is 0. The summed E-state index contributed by atoms with van der Waals surface area (Å²) in [5.41, 5.74) is 1.43. The lowest BCUT2D eigenvalue weighted by Crippen LogP contribution is -2.04. The van der Waals surface area contributed by atoms with Gasteiger partial charge in [0.2, 0.25) is 0 Å². The van der Waals surface area contributed by atoms with Crippen LogP contribution in [0.2, 0.25) is 0 Å². The van der Waals surface area contributed by atoms with E-state index in [1.165, 1.54) is 0 Å². The molecule has 3 heteroatoms. The molecule has 0 amide bonds. The summed E-state index contributed by atoms with van der Waals surface area (Å²) in [6.07, 6.45) is 0.364. The Morgan fingerprint density at radius 3 is 2.57 bits per heavy atom. The van der Waals surface area contributed by atoms with Crippen molar-refractivity contribution in [3.63, 3.8) is 0 Å². The van der Waals surface area contributed by atoms with E-state index in [9.17, 15) is 4.79 Å². The van der Waals surface area contributed by atoms with E-state index in [2.05, 4.69) is 0 Å². The van der Waals surface area contributed by atoms with Crippen LogP contribution in [0.3, 0.4) is 0 Å². The molecule has 0 aliphatic rings. The van der Waals surface area contributed by atoms with Crippen LogP contribution in [0.4, 0.5) is 0 Å². The first-order chi connectivity index (χ1) is 6.77. The van der Waals surface area contributed by atoms with E-state index in [1.807, 2.05) is 6.07 Å². The van der Waals surface area contributed by atoms with Crippen molar-refractivity contribution in [1.82, 2.24) is 0 Å². The van der Waals surface area contributed by atoms with E-state index in [4.69, 9.17) is 10.00 Å². The number of carbonyl (C=O) groups excluding carboxylic acids is 1. The largest absolute Gasteiger partial charge is 0.462 e. The molecule has 0 aromatic heterocycles. The van der Waals surface area contributed by atoms with E-state index in [1.54, 1.807) is 31.2 Å². The number of ether oxygens (including phenoxy) is 1. The summed E-state index contributed by atoms with van der Waals surface area (Å²) >= 11 is 0. The summed E-state index contributed by atoms with van der Waals surface area (Å²) in [4.78, 5) is 11.2. The Kier molecular flexibility index (Phi) is 3.69. The van der Waals surface area contributed by atoms with E-state index in [-0.39, 0.29) is 5.97 Å². The molecule has 0 atom stereocenters. The molecule has 0 aliphatic carbocycles. The van der Waals surface area contributed by atoms with Gasteiger partial charge in [0.25, 0.3) is 0 Å². The van der Waals surface area contributed by atoms with Crippen LogP contribution in [0.1, 0.15) is 22.8 Å². The average molecular weight is 189 g/mol. The van der Waals surface area contributed by atoms with Gasteiger partial charge in [-0.05, 0) is 24.6 Å². The SMILES string of the molecule is CCOC(=O)c1ccc(CC#N)cc1. The van der Waals surface area contributed by atoms with Crippen LogP contribution in [0.5, 0.6) is 0 Å². The Bertz CT molecular complexity index is 349. The van der Waals surface area contributed by atoms with Gasteiger partial charge in [-0.2, -0.15) is 5.26 Å². The fraction of sp³-hybridized carbons (Fsp3) is 0.273. The normalized spacial score (nSPS) is 9.14. The number of hydrogen-bond acceptors (Lipinski definition) is 3. The van der Waals surface area contributed by atoms with E-state index in [0.29, 0.717) is 18.6 Å². The number of carbonyl (C=O) groups is 1. The Morgan fingerprint density at radius 2 is 2.07 bits per heavy atom. The van der Waals surface area contributed by atoms with Crippen molar-refractivity contribution >= 4 is 5.97 Å². The van der Waals surface area contributed by atoms with Crippen molar-refractivity contribution in [3.8, 4) is 6.07 Å². The Balaban J connectivity index is 2.73. The van der Waals surface area contributed by atoms with Crippen LogP contribution in [0.25, 0.3) is 0 Å². The molecule has 1 aromatic rings. The minimum Gasteiger partial charge on any atom is -0.462 e. The summed E-state index contributed by atoms with van der Waals surface area (Å²) < 4.78 is 4.82. The summed E-state index contributed by atoms with van der Waals surface area (Å²) in [5.74, 6) is -0.323. The Labute approximate surface area is 82.9 Å². The van der Waals surface area contributed by atoms with Gasteiger partial charge in [0, 0.05) is 0 Å². The Morgan fingerprint density at radius 1 is 1.43 bits per heavy atom. The highest BCUT2D eigenvalue weighted by molar-refractivity contribution is 5.89. The lowest BCUT2D eigenvalue weighted by atomic mass is 10.1. The maximum absolute atomic E-state index is 11.2. The molecule has 0 N–H and O–H groups in total. The predicted octanol–water partition coefficient (Wildman–Crippen LogP) is 1.93. The van der Waals surface area contributed by atoms with Gasteiger partial charge in [-0.15, -0.1) is 0 Å². The minimum absolute atomic E-state index is 0.323. The highest BCUT2D eigenvalue weighted by Crippen LogP contribution is 2.06. The molecule has 0 unspecified atom stereocenters. The summed E-state index contributed by atoms with van der Waals surface area (Å²) in [7, 11) is 0.